The highest BCUT2D eigenvalue weighted by Gasteiger charge is 2.13. The minimum absolute atomic E-state index is 0.0475. The standard InChI is InChI=1S/C14H17NO2/c1-10(14(16)17-2)7-8-11-9-15-13-6-4-3-5-12(11)13/h3-6,9-10,15H,7-8H2,1-2H3. The molecule has 1 N–H and O–H groups in total. The van der Waals surface area contributed by atoms with Crippen LogP contribution in [0.3, 0.4) is 0 Å². The quantitative estimate of drug-likeness (QED) is 0.822. The van der Waals surface area contributed by atoms with Gasteiger partial charge in [0.05, 0.1) is 13.0 Å². The number of benzene rings is 1. The number of ether oxygens (including phenoxy) is 1. The van der Waals surface area contributed by atoms with Crippen molar-refractivity contribution in [3.63, 3.8) is 0 Å². The van der Waals surface area contributed by atoms with Gasteiger partial charge < -0.3 is 9.72 Å². The second kappa shape index (κ2) is 5.04. The fraction of sp³-hybridized carbons (Fsp3) is 0.357. The van der Waals surface area contributed by atoms with Crippen molar-refractivity contribution in [2.75, 3.05) is 7.11 Å². The summed E-state index contributed by atoms with van der Waals surface area (Å²) in [5.41, 5.74) is 2.41. The van der Waals surface area contributed by atoms with Gasteiger partial charge in [-0.2, -0.15) is 0 Å². The fourth-order valence-electron chi connectivity index (χ4n) is 2.03. The smallest absolute Gasteiger partial charge is 0.308 e. The van der Waals surface area contributed by atoms with Gasteiger partial charge in [0.2, 0.25) is 0 Å². The fourth-order valence-corrected chi connectivity index (χ4v) is 2.03. The highest BCUT2D eigenvalue weighted by atomic mass is 16.5. The Hall–Kier alpha value is -1.77. The first-order valence-corrected chi connectivity index (χ1v) is 5.85. The molecule has 0 spiro atoms. The van der Waals surface area contributed by atoms with Crippen molar-refractivity contribution in [3.8, 4) is 0 Å². The highest BCUT2D eigenvalue weighted by molar-refractivity contribution is 5.83. The lowest BCUT2D eigenvalue weighted by Crippen LogP contribution is -2.13. The van der Waals surface area contributed by atoms with Gasteiger partial charge in [-0.15, -0.1) is 0 Å². The molecule has 3 heteroatoms. The summed E-state index contributed by atoms with van der Waals surface area (Å²) in [5, 5.41) is 1.24. The molecule has 0 fully saturated rings. The number of aromatic nitrogens is 1. The average Bonchev–Trinajstić information content (AvgIpc) is 2.78. The maximum absolute atomic E-state index is 11.3. The Morgan fingerprint density at radius 3 is 2.94 bits per heavy atom. The topological polar surface area (TPSA) is 42.1 Å². The van der Waals surface area contributed by atoms with Crippen LogP contribution >= 0.6 is 0 Å². The van der Waals surface area contributed by atoms with Crippen molar-refractivity contribution >= 4 is 16.9 Å². The minimum Gasteiger partial charge on any atom is -0.469 e. The number of fused-ring (bicyclic) bond motifs is 1. The van der Waals surface area contributed by atoms with E-state index < -0.39 is 0 Å². The zero-order valence-corrected chi connectivity index (χ0v) is 10.2. The van der Waals surface area contributed by atoms with Crippen LogP contribution in [0.2, 0.25) is 0 Å². The molecular formula is C14H17NO2. The molecule has 0 aliphatic carbocycles. The van der Waals surface area contributed by atoms with E-state index in [9.17, 15) is 4.79 Å². The van der Waals surface area contributed by atoms with Gasteiger partial charge in [0.15, 0.2) is 0 Å². The van der Waals surface area contributed by atoms with E-state index in [4.69, 9.17) is 4.74 Å². The number of aromatic amines is 1. The minimum atomic E-state index is -0.134. The Bertz CT molecular complexity index is 516. The molecule has 17 heavy (non-hydrogen) atoms. The third-order valence-corrected chi connectivity index (χ3v) is 3.13. The first-order valence-electron chi connectivity index (χ1n) is 5.85. The number of carbonyl (C=O) groups excluding carboxylic acids is 1. The number of aryl methyl sites for hydroxylation is 1. The molecule has 0 saturated heterocycles. The van der Waals surface area contributed by atoms with E-state index in [0.717, 1.165) is 18.4 Å². The largest absolute Gasteiger partial charge is 0.469 e. The molecule has 0 amide bonds. The van der Waals surface area contributed by atoms with Crippen LogP contribution in [-0.4, -0.2) is 18.1 Å². The monoisotopic (exact) mass is 231 g/mol. The van der Waals surface area contributed by atoms with Crippen LogP contribution < -0.4 is 0 Å². The molecule has 2 rings (SSSR count). The van der Waals surface area contributed by atoms with Crippen LogP contribution in [0.5, 0.6) is 0 Å². The molecule has 1 aromatic heterocycles. The number of carbonyl (C=O) groups is 1. The molecule has 0 radical (unpaired) electrons. The average molecular weight is 231 g/mol. The number of esters is 1. The predicted molar refractivity (Wildman–Crippen MR) is 67.8 cm³/mol. The van der Waals surface area contributed by atoms with Gasteiger partial charge in [-0.05, 0) is 24.5 Å². The van der Waals surface area contributed by atoms with E-state index in [1.165, 1.54) is 18.1 Å². The lowest BCUT2D eigenvalue weighted by molar-refractivity contribution is -0.145. The Balaban J connectivity index is 2.07. The van der Waals surface area contributed by atoms with Gasteiger partial charge >= 0.3 is 5.97 Å². The number of nitrogens with one attached hydrogen (secondary N) is 1. The Morgan fingerprint density at radius 1 is 1.41 bits per heavy atom. The van der Waals surface area contributed by atoms with Crippen LogP contribution in [0.25, 0.3) is 10.9 Å². The molecular weight excluding hydrogens is 214 g/mol. The highest BCUT2D eigenvalue weighted by Crippen LogP contribution is 2.20. The van der Waals surface area contributed by atoms with Crippen molar-refractivity contribution < 1.29 is 9.53 Å². The Kier molecular flexibility index (Phi) is 3.47. The van der Waals surface area contributed by atoms with Crippen LogP contribution in [0.1, 0.15) is 18.9 Å². The summed E-state index contributed by atoms with van der Waals surface area (Å²) in [6.07, 6.45) is 3.73. The van der Waals surface area contributed by atoms with Crippen molar-refractivity contribution in [1.82, 2.24) is 4.98 Å². The molecule has 2 aromatic rings. The third kappa shape index (κ3) is 2.49. The molecule has 0 saturated carbocycles. The van der Waals surface area contributed by atoms with Crippen molar-refractivity contribution in [2.24, 2.45) is 5.92 Å². The molecule has 0 bridgehead atoms. The summed E-state index contributed by atoms with van der Waals surface area (Å²) >= 11 is 0. The molecule has 1 aromatic carbocycles. The number of H-pyrrole nitrogens is 1. The number of hydrogen-bond acceptors (Lipinski definition) is 2. The summed E-state index contributed by atoms with van der Waals surface area (Å²) in [5.74, 6) is -0.182. The normalized spacial score (nSPS) is 12.6. The first-order chi connectivity index (χ1) is 8.22. The van der Waals surface area contributed by atoms with Crippen molar-refractivity contribution in [3.05, 3.63) is 36.0 Å². The summed E-state index contributed by atoms with van der Waals surface area (Å²) in [4.78, 5) is 14.5. The Morgan fingerprint density at radius 2 is 2.18 bits per heavy atom. The van der Waals surface area contributed by atoms with E-state index >= 15 is 0 Å². The lowest BCUT2D eigenvalue weighted by atomic mass is 10.0. The maximum atomic E-state index is 11.3. The zero-order valence-electron chi connectivity index (χ0n) is 10.2. The molecule has 3 nitrogen and oxygen atoms in total. The first kappa shape index (κ1) is 11.7. The summed E-state index contributed by atoms with van der Waals surface area (Å²) in [7, 11) is 1.44. The SMILES string of the molecule is COC(=O)C(C)CCc1c[nH]c2ccccc12. The summed E-state index contributed by atoms with van der Waals surface area (Å²) in [6.45, 7) is 1.90. The Labute approximate surface area is 101 Å². The number of methoxy groups -OCH3 is 1. The molecule has 1 heterocycles. The number of para-hydroxylation sites is 1. The van der Waals surface area contributed by atoms with E-state index in [1.807, 2.05) is 25.3 Å². The molecule has 1 atom stereocenters. The molecule has 0 aliphatic rings. The molecule has 90 valence electrons. The number of hydrogen-bond donors (Lipinski definition) is 1. The van der Waals surface area contributed by atoms with Gasteiger partial charge in [-0.3, -0.25) is 4.79 Å². The lowest BCUT2D eigenvalue weighted by Gasteiger charge is -2.07. The maximum Gasteiger partial charge on any atom is 0.308 e. The molecule has 1 unspecified atom stereocenters. The van der Waals surface area contributed by atoms with Gasteiger partial charge in [0.25, 0.3) is 0 Å². The van der Waals surface area contributed by atoms with E-state index in [-0.39, 0.29) is 11.9 Å². The second-order valence-corrected chi connectivity index (χ2v) is 4.32. The summed E-state index contributed by atoms with van der Waals surface area (Å²) in [6, 6.07) is 8.20. The van der Waals surface area contributed by atoms with Crippen LogP contribution in [0.15, 0.2) is 30.5 Å². The van der Waals surface area contributed by atoms with E-state index in [0.29, 0.717) is 0 Å². The predicted octanol–water partition coefficient (Wildman–Crippen LogP) is 2.91. The van der Waals surface area contributed by atoms with Gasteiger partial charge in [0.1, 0.15) is 0 Å². The third-order valence-electron chi connectivity index (χ3n) is 3.13. The molecule has 0 aliphatic heterocycles. The van der Waals surface area contributed by atoms with Crippen LogP contribution in [0.4, 0.5) is 0 Å². The second-order valence-electron chi connectivity index (χ2n) is 4.32. The zero-order chi connectivity index (χ0) is 12.3. The van der Waals surface area contributed by atoms with Gasteiger partial charge in [-0.1, -0.05) is 25.1 Å². The number of rotatable bonds is 4. The van der Waals surface area contributed by atoms with Gasteiger partial charge in [-0.25, -0.2) is 0 Å². The van der Waals surface area contributed by atoms with Crippen molar-refractivity contribution in [1.29, 1.82) is 0 Å². The van der Waals surface area contributed by atoms with E-state index in [2.05, 4.69) is 17.1 Å². The summed E-state index contributed by atoms with van der Waals surface area (Å²) < 4.78 is 4.72. The van der Waals surface area contributed by atoms with Crippen LogP contribution in [-0.2, 0) is 16.0 Å². The van der Waals surface area contributed by atoms with E-state index in [1.54, 1.807) is 0 Å². The van der Waals surface area contributed by atoms with Crippen LogP contribution in [0, 0.1) is 5.92 Å². The van der Waals surface area contributed by atoms with Gasteiger partial charge in [0, 0.05) is 17.1 Å². The van der Waals surface area contributed by atoms with Crippen molar-refractivity contribution in [2.45, 2.75) is 19.8 Å².